The number of aromatic hydroxyl groups is 2. The molecule has 2 aromatic carbocycles. The van der Waals surface area contributed by atoms with Gasteiger partial charge >= 0.3 is 0 Å². The summed E-state index contributed by atoms with van der Waals surface area (Å²) in [5.41, 5.74) is 2.22. The highest BCUT2D eigenvalue weighted by Crippen LogP contribution is 2.47. The zero-order valence-electron chi connectivity index (χ0n) is 18.3. The molecule has 2 heterocycles. The number of para-hydroxylation sites is 1. The highest BCUT2D eigenvalue weighted by atomic mass is 16.5. The van der Waals surface area contributed by atoms with E-state index in [-0.39, 0.29) is 11.3 Å². The van der Waals surface area contributed by atoms with Crippen LogP contribution in [0.4, 0.5) is 0 Å². The van der Waals surface area contributed by atoms with Crippen LogP contribution in [0.1, 0.15) is 31.1 Å². The zero-order chi connectivity index (χ0) is 23.0. The fourth-order valence-electron chi connectivity index (χ4n) is 3.63. The lowest BCUT2D eigenvalue weighted by atomic mass is 9.85. The highest BCUT2D eigenvalue weighted by molar-refractivity contribution is 6.08. The Kier molecular flexibility index (Phi) is 5.26. The molecule has 0 bridgehead atoms. The van der Waals surface area contributed by atoms with E-state index in [4.69, 9.17) is 9.26 Å². The first-order valence-corrected chi connectivity index (χ1v) is 10.1. The van der Waals surface area contributed by atoms with E-state index in [2.05, 4.69) is 5.16 Å². The van der Waals surface area contributed by atoms with Crippen LogP contribution in [0.15, 0.2) is 65.4 Å². The molecule has 0 fully saturated rings. The lowest BCUT2D eigenvalue weighted by Crippen LogP contribution is -2.21. The van der Waals surface area contributed by atoms with Gasteiger partial charge in [0.15, 0.2) is 11.5 Å². The van der Waals surface area contributed by atoms with Gasteiger partial charge in [-0.05, 0) is 24.3 Å². The molecule has 32 heavy (non-hydrogen) atoms. The predicted octanol–water partition coefficient (Wildman–Crippen LogP) is 5.45. The number of nitrogens with zero attached hydrogens (tertiary/aromatic N) is 2. The maximum Gasteiger partial charge on any atom is 0.240 e. The summed E-state index contributed by atoms with van der Waals surface area (Å²) >= 11 is 0. The summed E-state index contributed by atoms with van der Waals surface area (Å²) in [6, 6.07) is 16.1. The lowest BCUT2D eigenvalue weighted by molar-refractivity contribution is 0.0856. The van der Waals surface area contributed by atoms with E-state index < -0.39 is 17.0 Å². The van der Waals surface area contributed by atoms with Crippen LogP contribution in [-0.2, 0) is 0 Å². The standard InChI is InChI=1S/C25H24N2O5/c1-25(2,3)23(29)20-21(17-7-5-6-8-19(17)31-4)27(24(30)22(20)28)16-11-9-15(10-12-16)18-13-14-32-26-18/h5-14,28,30H,1-4H3. The molecule has 0 atom stereocenters. The maximum atomic E-state index is 13.3. The summed E-state index contributed by atoms with van der Waals surface area (Å²) in [5, 5.41) is 25.7. The average molecular weight is 432 g/mol. The lowest BCUT2D eigenvalue weighted by Gasteiger charge is -2.19. The van der Waals surface area contributed by atoms with Gasteiger partial charge in [0.1, 0.15) is 17.7 Å². The molecule has 0 radical (unpaired) electrons. The van der Waals surface area contributed by atoms with Gasteiger partial charge in [0, 0.05) is 28.3 Å². The van der Waals surface area contributed by atoms with Crippen molar-refractivity contribution in [2.24, 2.45) is 5.41 Å². The fourth-order valence-corrected chi connectivity index (χ4v) is 3.63. The van der Waals surface area contributed by atoms with Crippen LogP contribution in [0, 0.1) is 5.41 Å². The van der Waals surface area contributed by atoms with Gasteiger partial charge in [-0.3, -0.25) is 9.36 Å². The topological polar surface area (TPSA) is 97.7 Å². The zero-order valence-corrected chi connectivity index (χ0v) is 18.3. The molecule has 4 rings (SSSR count). The van der Waals surface area contributed by atoms with E-state index in [1.54, 1.807) is 51.1 Å². The Labute approximate surface area is 185 Å². The average Bonchev–Trinajstić information content (AvgIpc) is 3.40. The minimum Gasteiger partial charge on any atom is -0.503 e. The molecule has 7 nitrogen and oxygen atoms in total. The Hall–Kier alpha value is -4.00. The number of hydrogen-bond donors (Lipinski definition) is 2. The number of ether oxygens (including phenoxy) is 1. The molecule has 2 N–H and O–H groups in total. The van der Waals surface area contributed by atoms with E-state index in [1.165, 1.54) is 17.9 Å². The largest absolute Gasteiger partial charge is 0.503 e. The molecular weight excluding hydrogens is 408 g/mol. The van der Waals surface area contributed by atoms with Crippen LogP contribution < -0.4 is 4.74 Å². The molecule has 0 saturated carbocycles. The molecule has 0 aliphatic heterocycles. The van der Waals surface area contributed by atoms with E-state index in [0.29, 0.717) is 28.4 Å². The van der Waals surface area contributed by atoms with Crippen molar-refractivity contribution in [3.63, 3.8) is 0 Å². The van der Waals surface area contributed by atoms with Gasteiger partial charge in [-0.15, -0.1) is 0 Å². The molecule has 0 aliphatic carbocycles. The summed E-state index contributed by atoms with van der Waals surface area (Å²) in [5.74, 6) is -0.684. The third-order valence-corrected chi connectivity index (χ3v) is 5.25. The molecule has 4 aromatic rings. The summed E-state index contributed by atoms with van der Waals surface area (Å²) in [4.78, 5) is 13.3. The Morgan fingerprint density at radius 1 is 1.03 bits per heavy atom. The SMILES string of the molecule is COc1ccccc1-c1c(C(=O)C(C)(C)C)c(O)c(O)n1-c1ccc(-c2ccon2)cc1. The third kappa shape index (κ3) is 3.51. The van der Waals surface area contributed by atoms with Crippen molar-refractivity contribution in [3.05, 3.63) is 66.4 Å². The number of aromatic nitrogens is 2. The van der Waals surface area contributed by atoms with Gasteiger partial charge in [0.05, 0.1) is 18.4 Å². The molecule has 0 spiro atoms. The Morgan fingerprint density at radius 2 is 1.72 bits per heavy atom. The molecular formula is C25H24N2O5. The second-order valence-electron chi connectivity index (χ2n) is 8.44. The first-order chi connectivity index (χ1) is 15.2. The van der Waals surface area contributed by atoms with Crippen LogP contribution in [0.25, 0.3) is 28.2 Å². The van der Waals surface area contributed by atoms with Crippen LogP contribution in [-0.4, -0.2) is 32.8 Å². The highest BCUT2D eigenvalue weighted by Gasteiger charge is 2.35. The predicted molar refractivity (Wildman–Crippen MR) is 120 cm³/mol. The van der Waals surface area contributed by atoms with Crippen molar-refractivity contribution in [2.75, 3.05) is 7.11 Å². The number of Topliss-reactive ketones (excluding diaryl/α,β-unsaturated/α-hetero) is 1. The van der Waals surface area contributed by atoms with Crippen molar-refractivity contribution < 1.29 is 24.3 Å². The van der Waals surface area contributed by atoms with Crippen molar-refractivity contribution in [1.82, 2.24) is 9.72 Å². The Balaban J connectivity index is 2.00. The Bertz CT molecular complexity index is 1260. The van der Waals surface area contributed by atoms with Gasteiger partial charge in [-0.2, -0.15) is 0 Å². The van der Waals surface area contributed by atoms with E-state index >= 15 is 0 Å². The second-order valence-corrected chi connectivity index (χ2v) is 8.44. The van der Waals surface area contributed by atoms with Gasteiger partial charge in [-0.1, -0.05) is 50.2 Å². The van der Waals surface area contributed by atoms with Gasteiger partial charge < -0.3 is 19.5 Å². The summed E-state index contributed by atoms with van der Waals surface area (Å²) in [7, 11) is 1.53. The van der Waals surface area contributed by atoms with Crippen LogP contribution in [0.3, 0.4) is 0 Å². The first kappa shape index (κ1) is 21.2. The molecule has 164 valence electrons. The van der Waals surface area contributed by atoms with Crippen molar-refractivity contribution in [1.29, 1.82) is 0 Å². The molecule has 0 aliphatic rings. The number of hydrogen-bond acceptors (Lipinski definition) is 6. The second kappa shape index (κ2) is 7.92. The number of rotatable bonds is 5. The van der Waals surface area contributed by atoms with Crippen LogP contribution in [0.2, 0.25) is 0 Å². The maximum absolute atomic E-state index is 13.3. The fraction of sp³-hybridized carbons (Fsp3) is 0.200. The number of carbonyl (C=O) groups is 1. The number of ketones is 1. The van der Waals surface area contributed by atoms with E-state index in [1.807, 2.05) is 24.3 Å². The van der Waals surface area contributed by atoms with Crippen LogP contribution in [0.5, 0.6) is 17.4 Å². The van der Waals surface area contributed by atoms with Gasteiger partial charge in [0.25, 0.3) is 0 Å². The molecule has 7 heteroatoms. The number of methoxy groups -OCH3 is 1. The number of benzene rings is 2. The Morgan fingerprint density at radius 3 is 2.31 bits per heavy atom. The molecule has 2 aromatic heterocycles. The normalized spacial score (nSPS) is 11.5. The van der Waals surface area contributed by atoms with Crippen molar-refractivity contribution in [2.45, 2.75) is 20.8 Å². The van der Waals surface area contributed by atoms with E-state index in [9.17, 15) is 15.0 Å². The van der Waals surface area contributed by atoms with Gasteiger partial charge in [0.2, 0.25) is 5.88 Å². The molecule has 0 saturated heterocycles. The summed E-state index contributed by atoms with van der Waals surface area (Å²) < 4.78 is 11.9. The number of carbonyl (C=O) groups excluding carboxylic acids is 1. The minimum absolute atomic E-state index is 0.0417. The monoisotopic (exact) mass is 432 g/mol. The molecule has 0 amide bonds. The summed E-state index contributed by atoms with van der Waals surface area (Å²) in [6.07, 6.45) is 1.49. The van der Waals surface area contributed by atoms with Crippen molar-refractivity contribution in [3.8, 4) is 45.6 Å². The smallest absolute Gasteiger partial charge is 0.240 e. The van der Waals surface area contributed by atoms with Crippen LogP contribution >= 0.6 is 0 Å². The van der Waals surface area contributed by atoms with Gasteiger partial charge in [-0.25, -0.2) is 0 Å². The summed E-state index contributed by atoms with van der Waals surface area (Å²) in [6.45, 7) is 5.30. The van der Waals surface area contributed by atoms with Crippen molar-refractivity contribution >= 4 is 5.78 Å². The minimum atomic E-state index is -0.788. The van der Waals surface area contributed by atoms with E-state index in [0.717, 1.165) is 5.56 Å². The third-order valence-electron chi connectivity index (χ3n) is 5.25. The molecule has 0 unspecified atom stereocenters. The first-order valence-electron chi connectivity index (χ1n) is 10.1. The quantitative estimate of drug-likeness (QED) is 0.407.